The lowest BCUT2D eigenvalue weighted by atomic mass is 9.98. The molecule has 3 aromatic heterocycles. The van der Waals surface area contributed by atoms with Crippen LogP contribution in [0.15, 0.2) is 61.2 Å². The minimum atomic E-state index is -0.510. The molecule has 2 aliphatic rings. The third-order valence-electron chi connectivity index (χ3n) is 7.36. The quantitative estimate of drug-likeness (QED) is 0.293. The van der Waals surface area contributed by atoms with E-state index in [0.29, 0.717) is 13.1 Å². The Kier molecular flexibility index (Phi) is 8.20. The number of carbonyl (C=O) groups excluding carboxylic acids is 1. The maximum absolute atomic E-state index is 12.6. The largest absolute Gasteiger partial charge is 0.444 e. The highest BCUT2D eigenvalue weighted by atomic mass is 16.6. The van der Waals surface area contributed by atoms with Crippen molar-refractivity contribution in [2.24, 2.45) is 0 Å². The topological polar surface area (TPSA) is 87.9 Å². The molecule has 0 spiro atoms. The summed E-state index contributed by atoms with van der Waals surface area (Å²) in [6.07, 6.45) is 11.7. The zero-order chi connectivity index (χ0) is 30.0. The molecule has 0 aliphatic carbocycles. The lowest BCUT2D eigenvalue weighted by molar-refractivity contribution is 0.0192. The summed E-state index contributed by atoms with van der Waals surface area (Å²) >= 11 is 0. The molecule has 9 nitrogen and oxygen atoms in total. The number of pyridine rings is 1. The molecule has 1 saturated heterocycles. The van der Waals surface area contributed by atoms with Crippen molar-refractivity contribution in [2.45, 2.75) is 66.2 Å². The molecule has 0 saturated carbocycles. The van der Waals surface area contributed by atoms with Crippen LogP contribution in [0.2, 0.25) is 0 Å². The molecule has 42 heavy (non-hydrogen) atoms. The van der Waals surface area contributed by atoms with Crippen molar-refractivity contribution in [1.82, 2.24) is 24.5 Å². The van der Waals surface area contributed by atoms with Crippen molar-refractivity contribution >= 4 is 29.3 Å². The van der Waals surface area contributed by atoms with Gasteiger partial charge in [-0.25, -0.2) is 19.3 Å². The van der Waals surface area contributed by atoms with E-state index in [2.05, 4.69) is 65.6 Å². The van der Waals surface area contributed by atoms with Gasteiger partial charge in [0.2, 0.25) is 0 Å². The van der Waals surface area contributed by atoms with Crippen LogP contribution in [0.25, 0.3) is 34.0 Å². The molecule has 1 fully saturated rings. The molecule has 1 aromatic carbocycles. The fourth-order valence-corrected chi connectivity index (χ4v) is 5.65. The van der Waals surface area contributed by atoms with E-state index in [-0.39, 0.29) is 18.2 Å². The van der Waals surface area contributed by atoms with E-state index in [1.165, 1.54) is 0 Å². The van der Waals surface area contributed by atoms with E-state index in [1.807, 2.05) is 70.0 Å². The summed E-state index contributed by atoms with van der Waals surface area (Å²) in [5, 5.41) is 8.05. The predicted molar refractivity (Wildman–Crippen MR) is 170 cm³/mol. The summed E-state index contributed by atoms with van der Waals surface area (Å²) in [5.41, 5.74) is 6.59. The minimum Gasteiger partial charge on any atom is -0.444 e. The van der Waals surface area contributed by atoms with Gasteiger partial charge in [0.15, 0.2) is 5.65 Å². The molecule has 0 radical (unpaired) electrons. The molecule has 220 valence electrons. The molecular formula is C33H41N7O2. The third-order valence-corrected chi connectivity index (χ3v) is 7.36. The zero-order valence-electron chi connectivity index (χ0n) is 25.6. The molecule has 2 aliphatic heterocycles. The van der Waals surface area contributed by atoms with Crippen LogP contribution in [0, 0.1) is 0 Å². The van der Waals surface area contributed by atoms with Gasteiger partial charge in [0.1, 0.15) is 11.4 Å². The highest BCUT2D eigenvalue weighted by molar-refractivity contribution is 5.89. The lowest BCUT2D eigenvalue weighted by Gasteiger charge is -2.45. The lowest BCUT2D eigenvalue weighted by Crippen LogP contribution is -2.59. The van der Waals surface area contributed by atoms with Crippen LogP contribution in [0.3, 0.4) is 0 Å². The Morgan fingerprint density at radius 2 is 1.69 bits per heavy atom. The van der Waals surface area contributed by atoms with Crippen LogP contribution in [-0.2, 0) is 4.74 Å². The summed E-state index contributed by atoms with van der Waals surface area (Å²) in [5.74, 6) is 0.888. The second-order valence-electron chi connectivity index (χ2n) is 11.6. The second kappa shape index (κ2) is 11.8. The van der Waals surface area contributed by atoms with Gasteiger partial charge in [0.05, 0.1) is 6.20 Å². The number of rotatable bonds is 3. The molecular weight excluding hydrogens is 526 g/mol. The van der Waals surface area contributed by atoms with Gasteiger partial charge in [-0.3, -0.25) is 0 Å². The average molecular weight is 568 g/mol. The Morgan fingerprint density at radius 1 is 0.952 bits per heavy atom. The zero-order valence-corrected chi connectivity index (χ0v) is 25.6. The fourth-order valence-electron chi connectivity index (χ4n) is 5.65. The second-order valence-corrected chi connectivity index (χ2v) is 11.6. The third kappa shape index (κ3) is 5.82. The van der Waals surface area contributed by atoms with Crippen molar-refractivity contribution in [3.05, 3.63) is 66.8 Å². The number of anilines is 2. The van der Waals surface area contributed by atoms with Crippen LogP contribution >= 0.6 is 0 Å². The van der Waals surface area contributed by atoms with Crippen LogP contribution in [0.4, 0.5) is 16.3 Å². The van der Waals surface area contributed by atoms with Crippen LogP contribution in [0.5, 0.6) is 0 Å². The summed E-state index contributed by atoms with van der Waals surface area (Å²) in [6.45, 7) is 15.9. The number of hydrogen-bond donors (Lipinski definition) is 1. The Bertz CT molecular complexity index is 1570. The Hall–Kier alpha value is -4.40. The molecule has 6 rings (SSSR count). The number of nitrogens with one attached hydrogen (secondary N) is 1. The Morgan fingerprint density at radius 3 is 2.38 bits per heavy atom. The number of aromatic nitrogens is 4. The van der Waals surface area contributed by atoms with Gasteiger partial charge in [0, 0.05) is 78.2 Å². The van der Waals surface area contributed by atoms with Gasteiger partial charge in [-0.15, -0.1) is 0 Å². The van der Waals surface area contributed by atoms with Gasteiger partial charge >= 0.3 is 6.09 Å². The fraction of sp³-hybridized carbons (Fsp3) is 0.394. The maximum atomic E-state index is 12.6. The van der Waals surface area contributed by atoms with Crippen LogP contribution < -0.4 is 10.2 Å². The number of ether oxygens (including phenoxy) is 1. The Balaban J connectivity index is 0.00000173. The molecule has 5 heterocycles. The van der Waals surface area contributed by atoms with Crippen LogP contribution in [-0.4, -0.2) is 67.9 Å². The summed E-state index contributed by atoms with van der Waals surface area (Å²) in [4.78, 5) is 26.3. The smallest absolute Gasteiger partial charge is 0.410 e. The van der Waals surface area contributed by atoms with Crippen molar-refractivity contribution < 1.29 is 9.53 Å². The van der Waals surface area contributed by atoms with Crippen LogP contribution in [0.1, 0.15) is 54.0 Å². The SMILES string of the molecule is CC.CC1CN(C(=O)OC(C)(C)C)CC(C)N1c1ccc(-c2cnc3c(-c4cccc5c4C=CCN5)cnn3c2)cn1. The molecule has 1 N–H and O–H groups in total. The van der Waals surface area contributed by atoms with E-state index >= 15 is 0 Å². The van der Waals surface area contributed by atoms with E-state index in [9.17, 15) is 4.79 Å². The average Bonchev–Trinajstić information content (AvgIpc) is 3.40. The number of benzene rings is 1. The number of fused-ring (bicyclic) bond motifs is 2. The van der Waals surface area contributed by atoms with Gasteiger partial charge in [0.25, 0.3) is 0 Å². The molecule has 4 aromatic rings. The van der Waals surface area contributed by atoms with Crippen molar-refractivity contribution in [1.29, 1.82) is 0 Å². The van der Waals surface area contributed by atoms with E-state index < -0.39 is 5.60 Å². The summed E-state index contributed by atoms with van der Waals surface area (Å²) in [6, 6.07) is 10.6. The van der Waals surface area contributed by atoms with E-state index in [0.717, 1.165) is 51.5 Å². The standard InChI is InChI=1S/C31H35N7O2.C2H6/c1-20-17-36(30(39)40-31(3,4)5)18-21(2)38(20)28-12-11-22(14-33-28)23-15-34-29-26(16-35-37(29)19-23)24-8-6-10-27-25(24)9-7-13-32-27;1-2/h6-12,14-16,19-21,32H,13,17-18H2,1-5H3;1-2H3. The van der Waals surface area contributed by atoms with Crippen molar-refractivity contribution in [3.8, 4) is 22.3 Å². The first-order valence-electron chi connectivity index (χ1n) is 14.8. The maximum Gasteiger partial charge on any atom is 0.410 e. The van der Waals surface area contributed by atoms with Crippen molar-refractivity contribution in [2.75, 3.05) is 29.9 Å². The van der Waals surface area contributed by atoms with Crippen molar-refractivity contribution in [3.63, 3.8) is 0 Å². The number of amides is 1. The van der Waals surface area contributed by atoms with Gasteiger partial charge in [-0.05, 0) is 58.4 Å². The Labute approximate surface area is 248 Å². The first-order valence-corrected chi connectivity index (χ1v) is 14.8. The molecule has 1 amide bonds. The molecule has 2 atom stereocenters. The highest BCUT2D eigenvalue weighted by Crippen LogP contribution is 2.34. The van der Waals surface area contributed by atoms with Gasteiger partial charge < -0.3 is 19.9 Å². The first-order chi connectivity index (χ1) is 20.2. The van der Waals surface area contributed by atoms with E-state index in [1.54, 1.807) is 4.90 Å². The summed E-state index contributed by atoms with van der Waals surface area (Å²) < 4.78 is 7.43. The number of hydrogen-bond acceptors (Lipinski definition) is 7. The first kappa shape index (κ1) is 29.1. The monoisotopic (exact) mass is 567 g/mol. The molecule has 0 bridgehead atoms. The number of carbonyl (C=O) groups is 1. The minimum absolute atomic E-state index is 0.101. The van der Waals surface area contributed by atoms with Gasteiger partial charge in [-0.2, -0.15) is 5.10 Å². The predicted octanol–water partition coefficient (Wildman–Crippen LogP) is 6.76. The molecule has 2 unspecified atom stereocenters. The number of nitrogens with zero attached hydrogens (tertiary/aromatic N) is 6. The number of piperazine rings is 1. The van der Waals surface area contributed by atoms with Gasteiger partial charge in [-0.1, -0.05) is 38.1 Å². The normalized spacial score (nSPS) is 18.2. The highest BCUT2D eigenvalue weighted by Gasteiger charge is 2.34. The summed E-state index contributed by atoms with van der Waals surface area (Å²) in [7, 11) is 0. The molecule has 9 heteroatoms. The van der Waals surface area contributed by atoms with E-state index in [4.69, 9.17) is 14.7 Å².